The van der Waals surface area contributed by atoms with Gasteiger partial charge in [-0.3, -0.25) is 4.79 Å². The molecule has 0 radical (unpaired) electrons. The first-order chi connectivity index (χ1) is 15.3. The average molecular weight is 453 g/mol. The Hall–Kier alpha value is -3.16. The van der Waals surface area contributed by atoms with Crippen LogP contribution in [0.5, 0.6) is 5.75 Å². The Kier molecular flexibility index (Phi) is 7.66. The van der Waals surface area contributed by atoms with Crippen LogP contribution in [0.1, 0.15) is 23.6 Å². The van der Waals surface area contributed by atoms with E-state index in [1.54, 1.807) is 12.1 Å². The smallest absolute Gasteiger partial charge is 0.242 e. The van der Waals surface area contributed by atoms with E-state index in [-0.39, 0.29) is 11.3 Å². The number of hydrogen-bond acceptors (Lipinski definition) is 4. The molecule has 7 heteroatoms. The van der Waals surface area contributed by atoms with Gasteiger partial charge in [-0.2, -0.15) is 4.72 Å². The number of aryl methyl sites for hydroxylation is 2. The number of sulfonamides is 1. The van der Waals surface area contributed by atoms with Crippen molar-refractivity contribution in [3.8, 4) is 5.75 Å². The standard InChI is InChI=1S/C25H28N2O4S/c1-4-31-22-10-12-23(13-11-22)32(29,30)27-24(17-20-8-6-5-7-9-20)25(28)26-21-15-18(2)14-19(3)16-21/h5-16,24,27H,4,17H2,1-3H3,(H,26,28)/t24-/m1/s1. The molecule has 1 atom stereocenters. The number of benzene rings is 3. The van der Waals surface area contributed by atoms with Crippen LogP contribution in [0.4, 0.5) is 5.69 Å². The first-order valence-corrected chi connectivity index (χ1v) is 11.9. The van der Waals surface area contributed by atoms with Gasteiger partial charge in [-0.1, -0.05) is 36.4 Å². The maximum absolute atomic E-state index is 13.1. The molecule has 0 bridgehead atoms. The summed E-state index contributed by atoms with van der Waals surface area (Å²) >= 11 is 0. The normalized spacial score (nSPS) is 12.2. The quantitative estimate of drug-likeness (QED) is 0.509. The minimum Gasteiger partial charge on any atom is -0.494 e. The average Bonchev–Trinajstić information content (AvgIpc) is 2.74. The predicted molar refractivity (Wildman–Crippen MR) is 126 cm³/mol. The van der Waals surface area contributed by atoms with Crippen molar-refractivity contribution >= 4 is 21.6 Å². The molecule has 0 fully saturated rings. The maximum atomic E-state index is 13.1. The summed E-state index contributed by atoms with van der Waals surface area (Å²) in [5.74, 6) is 0.160. The first-order valence-electron chi connectivity index (χ1n) is 10.4. The molecule has 0 heterocycles. The van der Waals surface area contributed by atoms with Gasteiger partial charge < -0.3 is 10.1 Å². The largest absolute Gasteiger partial charge is 0.494 e. The number of carbonyl (C=O) groups excluding carboxylic acids is 1. The van der Waals surface area contributed by atoms with Crippen LogP contribution in [0, 0.1) is 13.8 Å². The molecule has 0 saturated carbocycles. The van der Waals surface area contributed by atoms with Gasteiger partial charge in [0.15, 0.2) is 0 Å². The van der Waals surface area contributed by atoms with Crippen LogP contribution in [-0.4, -0.2) is 27.0 Å². The van der Waals surface area contributed by atoms with E-state index in [9.17, 15) is 13.2 Å². The Morgan fingerprint density at radius 3 is 2.16 bits per heavy atom. The molecular formula is C25H28N2O4S. The van der Waals surface area contributed by atoms with Crippen molar-refractivity contribution in [1.29, 1.82) is 0 Å². The number of carbonyl (C=O) groups is 1. The highest BCUT2D eigenvalue weighted by Crippen LogP contribution is 2.18. The van der Waals surface area contributed by atoms with Crippen LogP contribution in [0.2, 0.25) is 0 Å². The van der Waals surface area contributed by atoms with Crippen LogP contribution in [0.15, 0.2) is 77.7 Å². The lowest BCUT2D eigenvalue weighted by atomic mass is 10.1. The minimum atomic E-state index is -3.93. The number of ether oxygens (including phenoxy) is 1. The fraction of sp³-hybridized carbons (Fsp3) is 0.240. The van der Waals surface area contributed by atoms with Crippen molar-refractivity contribution in [1.82, 2.24) is 4.72 Å². The Labute approximate surface area is 189 Å². The Morgan fingerprint density at radius 2 is 1.56 bits per heavy atom. The molecule has 168 valence electrons. The summed E-state index contributed by atoms with van der Waals surface area (Å²) in [6.07, 6.45) is 0.216. The fourth-order valence-corrected chi connectivity index (χ4v) is 4.65. The number of amides is 1. The van der Waals surface area contributed by atoms with Crippen LogP contribution in [-0.2, 0) is 21.2 Å². The molecule has 0 saturated heterocycles. The monoisotopic (exact) mass is 452 g/mol. The van der Waals surface area contributed by atoms with Crippen LogP contribution in [0.3, 0.4) is 0 Å². The van der Waals surface area contributed by atoms with Gasteiger partial charge in [-0.15, -0.1) is 0 Å². The second-order valence-corrected chi connectivity index (χ2v) is 9.35. The first kappa shape index (κ1) is 23.5. The molecule has 6 nitrogen and oxygen atoms in total. The Bertz CT molecular complexity index is 1140. The summed E-state index contributed by atoms with van der Waals surface area (Å²) in [6.45, 7) is 6.23. The molecule has 32 heavy (non-hydrogen) atoms. The molecule has 1 amide bonds. The van der Waals surface area contributed by atoms with Crippen molar-refractivity contribution in [2.75, 3.05) is 11.9 Å². The summed E-state index contributed by atoms with van der Waals surface area (Å²) < 4.78 is 34.0. The lowest BCUT2D eigenvalue weighted by Crippen LogP contribution is -2.45. The van der Waals surface area contributed by atoms with Crippen LogP contribution in [0.25, 0.3) is 0 Å². The molecule has 3 rings (SSSR count). The number of rotatable bonds is 9. The second-order valence-electron chi connectivity index (χ2n) is 7.63. The minimum absolute atomic E-state index is 0.0678. The van der Waals surface area contributed by atoms with Gasteiger partial charge in [-0.05, 0) is 80.3 Å². The van der Waals surface area contributed by atoms with E-state index in [0.29, 0.717) is 18.0 Å². The highest BCUT2D eigenvalue weighted by Gasteiger charge is 2.26. The SMILES string of the molecule is CCOc1ccc(S(=O)(=O)N[C@H](Cc2ccccc2)C(=O)Nc2cc(C)cc(C)c2)cc1. The van der Waals surface area contributed by atoms with Gasteiger partial charge in [0.25, 0.3) is 0 Å². The zero-order valence-electron chi connectivity index (χ0n) is 18.5. The molecule has 0 aromatic heterocycles. The van der Waals surface area contributed by atoms with Gasteiger partial charge in [0.2, 0.25) is 15.9 Å². The summed E-state index contributed by atoms with van der Waals surface area (Å²) in [4.78, 5) is 13.2. The maximum Gasteiger partial charge on any atom is 0.242 e. The van der Waals surface area contributed by atoms with Gasteiger partial charge in [0.05, 0.1) is 11.5 Å². The summed E-state index contributed by atoms with van der Waals surface area (Å²) in [7, 11) is -3.93. The lowest BCUT2D eigenvalue weighted by Gasteiger charge is -2.19. The molecular weight excluding hydrogens is 424 g/mol. The van der Waals surface area contributed by atoms with Crippen molar-refractivity contribution in [3.63, 3.8) is 0 Å². The third-order valence-electron chi connectivity index (χ3n) is 4.83. The highest BCUT2D eigenvalue weighted by atomic mass is 32.2. The van der Waals surface area contributed by atoms with E-state index < -0.39 is 22.0 Å². The van der Waals surface area contributed by atoms with E-state index in [1.807, 2.05) is 69.3 Å². The summed E-state index contributed by atoms with van der Waals surface area (Å²) in [5, 5.41) is 2.86. The van der Waals surface area contributed by atoms with Gasteiger partial charge in [-0.25, -0.2) is 8.42 Å². The third kappa shape index (κ3) is 6.42. The fourth-order valence-electron chi connectivity index (χ4n) is 3.45. The van der Waals surface area contributed by atoms with Gasteiger partial charge in [0.1, 0.15) is 11.8 Å². The van der Waals surface area contributed by atoms with Crippen LogP contribution < -0.4 is 14.8 Å². The van der Waals surface area contributed by atoms with E-state index in [4.69, 9.17) is 4.74 Å². The molecule has 0 aliphatic heterocycles. The summed E-state index contributed by atoms with van der Waals surface area (Å²) in [5.41, 5.74) is 3.50. The zero-order valence-corrected chi connectivity index (χ0v) is 19.3. The zero-order chi connectivity index (χ0) is 23.1. The molecule has 0 unspecified atom stereocenters. The number of anilines is 1. The van der Waals surface area contributed by atoms with Gasteiger partial charge >= 0.3 is 0 Å². The van der Waals surface area contributed by atoms with Crippen LogP contribution >= 0.6 is 0 Å². The summed E-state index contributed by atoms with van der Waals surface area (Å²) in [6, 6.07) is 20.2. The van der Waals surface area contributed by atoms with Crippen molar-refractivity contribution in [2.24, 2.45) is 0 Å². The Morgan fingerprint density at radius 1 is 0.938 bits per heavy atom. The number of hydrogen-bond donors (Lipinski definition) is 2. The molecule has 3 aromatic rings. The van der Waals surface area contributed by atoms with Gasteiger partial charge in [0, 0.05) is 5.69 Å². The molecule has 2 N–H and O–H groups in total. The van der Waals surface area contributed by atoms with E-state index in [2.05, 4.69) is 10.0 Å². The van der Waals surface area contributed by atoms with E-state index in [0.717, 1.165) is 16.7 Å². The highest BCUT2D eigenvalue weighted by molar-refractivity contribution is 7.89. The second kappa shape index (κ2) is 10.4. The molecule has 0 spiro atoms. The topological polar surface area (TPSA) is 84.5 Å². The van der Waals surface area contributed by atoms with E-state index in [1.165, 1.54) is 12.1 Å². The Balaban J connectivity index is 1.85. The van der Waals surface area contributed by atoms with E-state index >= 15 is 0 Å². The molecule has 3 aromatic carbocycles. The lowest BCUT2D eigenvalue weighted by molar-refractivity contribution is -0.117. The number of nitrogens with one attached hydrogen (secondary N) is 2. The van der Waals surface area contributed by atoms with Crippen molar-refractivity contribution in [2.45, 2.75) is 38.1 Å². The predicted octanol–water partition coefficient (Wildman–Crippen LogP) is 4.23. The van der Waals surface area contributed by atoms with Crippen molar-refractivity contribution in [3.05, 3.63) is 89.5 Å². The molecule has 0 aliphatic rings. The van der Waals surface area contributed by atoms with Crippen molar-refractivity contribution < 1.29 is 17.9 Å². The third-order valence-corrected chi connectivity index (χ3v) is 6.32. The molecule has 0 aliphatic carbocycles.